The first-order valence-corrected chi connectivity index (χ1v) is 7.29. The molecule has 70 valence electrons. The molecule has 1 aliphatic heterocycles. The molecule has 0 bridgehead atoms. The van der Waals surface area contributed by atoms with Crippen molar-refractivity contribution < 1.29 is 4.43 Å². The average Bonchev–Trinajstić information content (AvgIpc) is 2.35. The Morgan fingerprint density at radius 3 is 3.00 bits per heavy atom. The van der Waals surface area contributed by atoms with Crippen molar-refractivity contribution in [1.29, 1.82) is 0 Å². The number of hydrogen-bond acceptors (Lipinski definition) is 2. The van der Waals surface area contributed by atoms with Crippen molar-refractivity contribution in [2.24, 2.45) is 0 Å². The van der Waals surface area contributed by atoms with Gasteiger partial charge in [0.25, 0.3) is 8.48 Å². The fourth-order valence-electron chi connectivity index (χ4n) is 1.91. The molecule has 1 unspecified atom stereocenters. The van der Waals surface area contributed by atoms with Gasteiger partial charge < -0.3 is 4.43 Å². The van der Waals surface area contributed by atoms with Gasteiger partial charge in [-0.05, 0) is 32.5 Å². The lowest BCUT2D eigenvalue weighted by atomic mass is 10.5. The first-order chi connectivity index (χ1) is 5.73. The fraction of sp³-hybridized carbons (Fsp3) is 0.778. The third kappa shape index (κ3) is 1.97. The molecule has 0 amide bonds. The lowest BCUT2D eigenvalue weighted by Gasteiger charge is -2.31. The fourth-order valence-corrected chi connectivity index (χ4v) is 5.13. The lowest BCUT2D eigenvalue weighted by Crippen LogP contribution is -2.48. The van der Waals surface area contributed by atoms with Gasteiger partial charge in [0.1, 0.15) is 0 Å². The van der Waals surface area contributed by atoms with Crippen molar-refractivity contribution in [1.82, 2.24) is 4.57 Å². The topological polar surface area (TPSA) is 12.5 Å². The molecule has 0 aromatic heterocycles. The Balaban J connectivity index is 2.53. The smallest absolute Gasteiger partial charge is 0.268 e. The summed E-state index contributed by atoms with van der Waals surface area (Å²) in [6, 6.07) is 1.29. The molecule has 3 heteroatoms. The van der Waals surface area contributed by atoms with E-state index in [-0.39, 0.29) is 0 Å². The van der Waals surface area contributed by atoms with Crippen molar-refractivity contribution >= 4 is 8.48 Å². The van der Waals surface area contributed by atoms with Crippen LogP contribution < -0.4 is 0 Å². The number of hydrogen-bond donors (Lipinski definition) is 0. The number of nitrogens with zero attached hydrogens (tertiary/aromatic N) is 1. The van der Waals surface area contributed by atoms with Crippen molar-refractivity contribution in [2.75, 3.05) is 19.7 Å². The van der Waals surface area contributed by atoms with E-state index in [9.17, 15) is 0 Å². The van der Waals surface area contributed by atoms with Crippen LogP contribution in [0.4, 0.5) is 0 Å². The van der Waals surface area contributed by atoms with E-state index in [0.29, 0.717) is 0 Å². The first-order valence-electron chi connectivity index (χ1n) is 4.73. The summed E-state index contributed by atoms with van der Waals surface area (Å²) in [5, 5.41) is 0. The Hall–Kier alpha value is -0.123. The molecule has 1 atom stereocenters. The summed E-state index contributed by atoms with van der Waals surface area (Å²) in [5.41, 5.74) is 0. The second-order valence-electron chi connectivity index (χ2n) is 3.45. The summed E-state index contributed by atoms with van der Waals surface area (Å²) in [6.07, 6.45) is 3.28. The maximum absolute atomic E-state index is 5.87. The molecule has 0 saturated carbocycles. The molecule has 0 aromatic carbocycles. The van der Waals surface area contributed by atoms with Gasteiger partial charge in [0.15, 0.2) is 0 Å². The molecule has 0 radical (unpaired) electrons. The van der Waals surface area contributed by atoms with E-state index < -0.39 is 8.48 Å². The van der Waals surface area contributed by atoms with Crippen LogP contribution in [0.5, 0.6) is 0 Å². The minimum atomic E-state index is -1.47. The highest BCUT2D eigenvalue weighted by molar-refractivity contribution is 6.70. The summed E-state index contributed by atoms with van der Waals surface area (Å²) in [6.45, 7) is 11.2. The molecule has 1 heterocycles. The van der Waals surface area contributed by atoms with E-state index in [2.05, 4.69) is 24.6 Å². The van der Waals surface area contributed by atoms with E-state index in [0.717, 1.165) is 13.2 Å². The summed E-state index contributed by atoms with van der Waals surface area (Å²) in [5.74, 6) is 0. The highest BCUT2D eigenvalue weighted by atomic mass is 28.4. The standard InChI is InChI=1S/C9H19NOSi/c1-4-7-10-8-6-9-12(10,3)11-5-2/h4H,1,5-9H2,2-3H3. The average molecular weight is 185 g/mol. The van der Waals surface area contributed by atoms with Gasteiger partial charge in [0.05, 0.1) is 0 Å². The monoisotopic (exact) mass is 185 g/mol. The Labute approximate surface area is 76.4 Å². The van der Waals surface area contributed by atoms with Crippen LogP contribution in [-0.2, 0) is 4.43 Å². The van der Waals surface area contributed by atoms with Crippen LogP contribution >= 0.6 is 0 Å². The van der Waals surface area contributed by atoms with Crippen LogP contribution in [0.1, 0.15) is 13.3 Å². The van der Waals surface area contributed by atoms with E-state index in [4.69, 9.17) is 4.43 Å². The zero-order valence-electron chi connectivity index (χ0n) is 8.18. The predicted molar refractivity (Wildman–Crippen MR) is 54.4 cm³/mol. The van der Waals surface area contributed by atoms with Gasteiger partial charge in [-0.3, -0.25) is 4.57 Å². The molecule has 0 N–H and O–H groups in total. The summed E-state index contributed by atoms with van der Waals surface area (Å²) < 4.78 is 8.36. The third-order valence-electron chi connectivity index (χ3n) is 2.54. The molecule has 1 saturated heterocycles. The van der Waals surface area contributed by atoms with E-state index in [1.807, 2.05) is 6.08 Å². The Kier molecular flexibility index (Phi) is 3.49. The van der Waals surface area contributed by atoms with Crippen LogP contribution in [0.25, 0.3) is 0 Å². The summed E-state index contributed by atoms with van der Waals surface area (Å²) in [4.78, 5) is 0. The summed E-state index contributed by atoms with van der Waals surface area (Å²) >= 11 is 0. The van der Waals surface area contributed by atoms with E-state index in [1.165, 1.54) is 19.0 Å². The molecule has 1 fully saturated rings. The minimum absolute atomic E-state index is 0.858. The van der Waals surface area contributed by atoms with E-state index in [1.54, 1.807) is 0 Å². The van der Waals surface area contributed by atoms with Crippen LogP contribution in [0.2, 0.25) is 12.6 Å². The molecule has 0 aromatic rings. The quantitative estimate of drug-likeness (QED) is 0.490. The van der Waals surface area contributed by atoms with Crippen LogP contribution in [0.15, 0.2) is 12.7 Å². The molecule has 0 spiro atoms. The molecule has 12 heavy (non-hydrogen) atoms. The maximum atomic E-state index is 5.87. The van der Waals surface area contributed by atoms with Gasteiger partial charge in [-0.25, -0.2) is 0 Å². The molecule has 1 rings (SSSR count). The van der Waals surface area contributed by atoms with E-state index >= 15 is 0 Å². The van der Waals surface area contributed by atoms with Crippen LogP contribution in [0, 0.1) is 0 Å². The van der Waals surface area contributed by atoms with Crippen molar-refractivity contribution in [3.63, 3.8) is 0 Å². The van der Waals surface area contributed by atoms with Crippen LogP contribution in [0.3, 0.4) is 0 Å². The lowest BCUT2D eigenvalue weighted by molar-refractivity contribution is 0.278. The Bertz CT molecular complexity index is 163. The Morgan fingerprint density at radius 2 is 2.42 bits per heavy atom. The van der Waals surface area contributed by atoms with Gasteiger partial charge in [0.2, 0.25) is 0 Å². The van der Waals surface area contributed by atoms with Gasteiger partial charge in [-0.2, -0.15) is 0 Å². The highest BCUT2D eigenvalue weighted by Gasteiger charge is 2.39. The minimum Gasteiger partial charge on any atom is -0.403 e. The molecular formula is C9H19NOSi. The number of rotatable bonds is 4. The van der Waals surface area contributed by atoms with Crippen molar-refractivity contribution in [3.05, 3.63) is 12.7 Å². The van der Waals surface area contributed by atoms with Gasteiger partial charge >= 0.3 is 0 Å². The highest BCUT2D eigenvalue weighted by Crippen LogP contribution is 2.26. The van der Waals surface area contributed by atoms with Crippen molar-refractivity contribution in [2.45, 2.75) is 25.9 Å². The Morgan fingerprint density at radius 1 is 1.67 bits per heavy atom. The second kappa shape index (κ2) is 4.21. The zero-order valence-corrected chi connectivity index (χ0v) is 9.18. The second-order valence-corrected chi connectivity index (χ2v) is 7.22. The van der Waals surface area contributed by atoms with Crippen LogP contribution in [-0.4, -0.2) is 32.7 Å². The largest absolute Gasteiger partial charge is 0.403 e. The third-order valence-corrected chi connectivity index (χ3v) is 6.48. The molecular weight excluding hydrogens is 166 g/mol. The normalized spacial score (nSPS) is 30.8. The summed E-state index contributed by atoms with van der Waals surface area (Å²) in [7, 11) is -1.47. The molecule has 2 nitrogen and oxygen atoms in total. The van der Waals surface area contributed by atoms with Gasteiger partial charge in [-0.15, -0.1) is 6.58 Å². The zero-order chi connectivity index (χ0) is 9.03. The predicted octanol–water partition coefficient (Wildman–Crippen LogP) is 1.99. The first kappa shape index (κ1) is 9.96. The van der Waals surface area contributed by atoms with Crippen molar-refractivity contribution in [3.8, 4) is 0 Å². The molecule has 0 aliphatic carbocycles. The maximum Gasteiger partial charge on any atom is 0.268 e. The van der Waals surface area contributed by atoms with Gasteiger partial charge in [-0.1, -0.05) is 6.08 Å². The van der Waals surface area contributed by atoms with Gasteiger partial charge in [0, 0.05) is 13.2 Å². The molecule has 1 aliphatic rings. The SMILES string of the molecule is C=CCN1CCC[Si]1(C)OCC.